The Balaban J connectivity index is 2.66. The lowest BCUT2D eigenvalue weighted by molar-refractivity contribution is 0.156. The fraction of sp³-hybridized carbons (Fsp3) is 0.400. The molecule has 0 atom stereocenters. The van der Waals surface area contributed by atoms with E-state index in [1.807, 2.05) is 0 Å². The molecular formula is C10H12Br3NO3S. The Morgan fingerprint density at radius 2 is 1.94 bits per heavy atom. The van der Waals surface area contributed by atoms with Gasteiger partial charge in [-0.15, -0.1) is 0 Å². The van der Waals surface area contributed by atoms with Gasteiger partial charge in [-0.05, 0) is 34.1 Å². The largest absolute Gasteiger partial charge is 0.379 e. The zero-order valence-corrected chi connectivity index (χ0v) is 14.9. The van der Waals surface area contributed by atoms with Crippen LogP contribution in [0.4, 0.5) is 0 Å². The summed E-state index contributed by atoms with van der Waals surface area (Å²) in [5.74, 6) is 0. The van der Waals surface area contributed by atoms with Crippen molar-refractivity contribution < 1.29 is 13.2 Å². The van der Waals surface area contributed by atoms with E-state index in [9.17, 15) is 8.42 Å². The number of hydrogen-bond donors (Lipinski definition) is 1. The summed E-state index contributed by atoms with van der Waals surface area (Å²) < 4.78 is 32.9. The predicted molar refractivity (Wildman–Crippen MR) is 81.6 cm³/mol. The Morgan fingerprint density at radius 3 is 2.61 bits per heavy atom. The van der Waals surface area contributed by atoms with Crippen molar-refractivity contribution in [2.24, 2.45) is 0 Å². The summed E-state index contributed by atoms with van der Waals surface area (Å²) in [4.78, 5) is 0.206. The third-order valence-corrected chi connectivity index (χ3v) is 5.21. The van der Waals surface area contributed by atoms with E-state index in [1.54, 1.807) is 18.2 Å². The molecular weight excluding hydrogens is 454 g/mol. The number of hydrogen-bond acceptors (Lipinski definition) is 3. The molecule has 0 aliphatic rings. The quantitative estimate of drug-likeness (QED) is 0.497. The zero-order chi connectivity index (χ0) is 13.6. The summed E-state index contributed by atoms with van der Waals surface area (Å²) in [5.41, 5.74) is 0. The second kappa shape index (κ2) is 7.96. The van der Waals surface area contributed by atoms with Gasteiger partial charge in [0.15, 0.2) is 0 Å². The minimum atomic E-state index is -3.52. The van der Waals surface area contributed by atoms with Gasteiger partial charge in [0.05, 0.1) is 18.1 Å². The van der Waals surface area contributed by atoms with Crippen LogP contribution in [0.2, 0.25) is 0 Å². The number of nitrogens with one attached hydrogen (secondary N) is 1. The molecule has 0 heterocycles. The van der Waals surface area contributed by atoms with E-state index >= 15 is 0 Å². The first-order chi connectivity index (χ1) is 8.47. The highest BCUT2D eigenvalue weighted by atomic mass is 79.9. The molecule has 8 heteroatoms. The number of ether oxygens (including phenoxy) is 1. The van der Waals surface area contributed by atoms with Crippen LogP contribution in [0.3, 0.4) is 0 Å². The van der Waals surface area contributed by atoms with Crippen LogP contribution in [0.25, 0.3) is 0 Å². The summed E-state index contributed by atoms with van der Waals surface area (Å²) in [6.45, 7) is 1.15. The van der Waals surface area contributed by atoms with Crippen LogP contribution < -0.4 is 4.72 Å². The summed E-state index contributed by atoms with van der Waals surface area (Å²) in [6.07, 6.45) is 0. The maximum absolute atomic E-state index is 12.0. The molecule has 0 amide bonds. The predicted octanol–water partition coefficient (Wildman–Crippen LogP) is 2.90. The fourth-order valence-electron chi connectivity index (χ4n) is 1.17. The fourth-order valence-corrected chi connectivity index (χ4v) is 3.91. The minimum Gasteiger partial charge on any atom is -0.379 e. The lowest BCUT2D eigenvalue weighted by atomic mass is 10.4. The summed E-state index contributed by atoms with van der Waals surface area (Å²) in [6, 6.07) is 4.99. The summed E-state index contributed by atoms with van der Waals surface area (Å²) in [5, 5.41) is 0.733. The second-order valence-corrected chi connectivity index (χ2v) is 7.57. The van der Waals surface area contributed by atoms with Crippen molar-refractivity contribution in [3.05, 3.63) is 27.1 Å². The van der Waals surface area contributed by atoms with Gasteiger partial charge in [-0.1, -0.05) is 31.9 Å². The van der Waals surface area contributed by atoms with E-state index in [0.29, 0.717) is 22.2 Å². The normalized spacial score (nSPS) is 11.7. The van der Waals surface area contributed by atoms with E-state index in [-0.39, 0.29) is 11.4 Å². The SMILES string of the molecule is O=S(=O)(NCCOCCBr)c1cc(Br)ccc1Br. The van der Waals surface area contributed by atoms with Gasteiger partial charge in [-0.25, -0.2) is 13.1 Å². The Hall–Kier alpha value is 0.530. The maximum Gasteiger partial charge on any atom is 0.241 e. The van der Waals surface area contributed by atoms with Crippen LogP contribution >= 0.6 is 47.8 Å². The first-order valence-electron chi connectivity index (χ1n) is 5.06. The average molecular weight is 466 g/mol. The van der Waals surface area contributed by atoms with Crippen LogP contribution in [-0.4, -0.2) is 33.5 Å². The van der Waals surface area contributed by atoms with Gasteiger partial charge in [0, 0.05) is 20.8 Å². The molecule has 4 nitrogen and oxygen atoms in total. The van der Waals surface area contributed by atoms with Gasteiger partial charge in [0.2, 0.25) is 10.0 Å². The number of sulfonamides is 1. The van der Waals surface area contributed by atoms with E-state index in [0.717, 1.165) is 5.33 Å². The molecule has 1 aromatic carbocycles. The molecule has 0 radical (unpaired) electrons. The molecule has 0 aromatic heterocycles. The van der Waals surface area contributed by atoms with E-state index in [4.69, 9.17) is 4.74 Å². The lowest BCUT2D eigenvalue weighted by Crippen LogP contribution is -2.28. The first-order valence-corrected chi connectivity index (χ1v) is 9.25. The molecule has 102 valence electrons. The third-order valence-electron chi connectivity index (χ3n) is 1.94. The molecule has 1 rings (SSSR count). The highest BCUT2D eigenvalue weighted by Crippen LogP contribution is 2.25. The monoisotopic (exact) mass is 463 g/mol. The van der Waals surface area contributed by atoms with Crippen molar-refractivity contribution in [2.75, 3.05) is 25.1 Å². The molecule has 0 fully saturated rings. The van der Waals surface area contributed by atoms with Gasteiger partial charge in [-0.3, -0.25) is 0 Å². The number of rotatable bonds is 7. The summed E-state index contributed by atoms with van der Waals surface area (Å²) in [7, 11) is -3.52. The van der Waals surface area contributed by atoms with Crippen molar-refractivity contribution in [1.29, 1.82) is 0 Å². The van der Waals surface area contributed by atoms with Crippen LogP contribution in [0, 0.1) is 0 Å². The number of alkyl halides is 1. The van der Waals surface area contributed by atoms with Gasteiger partial charge < -0.3 is 4.74 Å². The minimum absolute atomic E-state index is 0.206. The van der Waals surface area contributed by atoms with Crippen molar-refractivity contribution in [1.82, 2.24) is 4.72 Å². The van der Waals surface area contributed by atoms with Gasteiger partial charge in [0.1, 0.15) is 0 Å². The van der Waals surface area contributed by atoms with Crippen LogP contribution in [-0.2, 0) is 14.8 Å². The Bertz CT molecular complexity index is 493. The van der Waals surface area contributed by atoms with E-state index < -0.39 is 10.0 Å². The molecule has 0 saturated heterocycles. The van der Waals surface area contributed by atoms with Gasteiger partial charge >= 0.3 is 0 Å². The second-order valence-electron chi connectivity index (χ2n) is 3.27. The smallest absolute Gasteiger partial charge is 0.241 e. The molecule has 0 aliphatic heterocycles. The van der Waals surface area contributed by atoms with E-state index in [2.05, 4.69) is 52.5 Å². The molecule has 1 aromatic rings. The average Bonchev–Trinajstić information content (AvgIpc) is 2.32. The van der Waals surface area contributed by atoms with Crippen LogP contribution in [0.1, 0.15) is 0 Å². The zero-order valence-electron chi connectivity index (χ0n) is 9.33. The molecule has 0 unspecified atom stereocenters. The van der Waals surface area contributed by atoms with Crippen molar-refractivity contribution in [2.45, 2.75) is 4.90 Å². The molecule has 0 bridgehead atoms. The molecule has 0 saturated carbocycles. The third kappa shape index (κ3) is 5.26. The van der Waals surface area contributed by atoms with Crippen molar-refractivity contribution in [3.63, 3.8) is 0 Å². The van der Waals surface area contributed by atoms with Crippen LogP contribution in [0.5, 0.6) is 0 Å². The van der Waals surface area contributed by atoms with E-state index in [1.165, 1.54) is 0 Å². The summed E-state index contributed by atoms with van der Waals surface area (Å²) >= 11 is 9.69. The molecule has 0 aliphatic carbocycles. The van der Waals surface area contributed by atoms with Crippen molar-refractivity contribution in [3.8, 4) is 0 Å². The topological polar surface area (TPSA) is 55.4 Å². The molecule has 18 heavy (non-hydrogen) atoms. The van der Waals surface area contributed by atoms with Crippen molar-refractivity contribution >= 4 is 57.8 Å². The van der Waals surface area contributed by atoms with Gasteiger partial charge in [-0.2, -0.15) is 0 Å². The highest BCUT2D eigenvalue weighted by Gasteiger charge is 2.17. The number of benzene rings is 1. The number of halogens is 3. The standard InChI is InChI=1S/C10H12Br3NO3S/c11-3-5-17-6-4-14-18(15,16)10-7-8(12)1-2-9(10)13/h1-2,7,14H,3-6H2. The van der Waals surface area contributed by atoms with Crippen LogP contribution in [0.15, 0.2) is 32.0 Å². The Labute approximate surface area is 132 Å². The molecule has 1 N–H and O–H groups in total. The Morgan fingerprint density at radius 1 is 1.22 bits per heavy atom. The maximum atomic E-state index is 12.0. The Kier molecular flexibility index (Phi) is 7.33. The lowest BCUT2D eigenvalue weighted by Gasteiger charge is -2.09. The highest BCUT2D eigenvalue weighted by molar-refractivity contribution is 9.11. The first kappa shape index (κ1) is 16.6. The molecule has 0 spiro atoms. The van der Waals surface area contributed by atoms with Gasteiger partial charge in [0.25, 0.3) is 0 Å².